The van der Waals surface area contributed by atoms with Crippen molar-refractivity contribution in [3.63, 3.8) is 0 Å². The van der Waals surface area contributed by atoms with Crippen LogP contribution < -0.4 is 5.32 Å². The van der Waals surface area contributed by atoms with E-state index in [1.54, 1.807) is 4.90 Å². The highest BCUT2D eigenvalue weighted by Gasteiger charge is 2.33. The van der Waals surface area contributed by atoms with Crippen LogP contribution in [0.2, 0.25) is 5.02 Å². The first-order chi connectivity index (χ1) is 9.90. The van der Waals surface area contributed by atoms with Gasteiger partial charge in [0, 0.05) is 6.04 Å². The predicted molar refractivity (Wildman–Crippen MR) is 75.9 cm³/mol. The van der Waals surface area contributed by atoms with Crippen molar-refractivity contribution >= 4 is 23.6 Å². The van der Waals surface area contributed by atoms with Gasteiger partial charge >= 0.3 is 6.09 Å². The molecule has 1 atom stereocenters. The third-order valence-corrected chi connectivity index (χ3v) is 3.52. The molecule has 0 aromatic heterocycles. The van der Waals surface area contributed by atoms with Crippen LogP contribution in [0.25, 0.3) is 0 Å². The second-order valence-electron chi connectivity index (χ2n) is 5.06. The number of carbonyl (C=O) groups excluding carboxylic acids is 2. The van der Waals surface area contributed by atoms with E-state index in [9.17, 15) is 14.0 Å². The molecule has 0 radical (unpaired) electrons. The smallest absolute Gasteiger partial charge is 0.410 e. The highest BCUT2D eigenvalue weighted by atomic mass is 35.5. The Morgan fingerprint density at radius 3 is 2.86 bits per heavy atom. The van der Waals surface area contributed by atoms with Gasteiger partial charge in [0.25, 0.3) is 5.91 Å². The summed E-state index contributed by atoms with van der Waals surface area (Å²) in [6.07, 6.45) is -0.859. The molecule has 114 valence electrons. The van der Waals surface area contributed by atoms with Crippen LogP contribution in [-0.2, 0) is 4.74 Å². The Bertz CT molecular complexity index is 545. The van der Waals surface area contributed by atoms with E-state index in [-0.39, 0.29) is 23.2 Å². The van der Waals surface area contributed by atoms with E-state index in [1.165, 1.54) is 12.1 Å². The first kappa shape index (κ1) is 15.6. The normalized spacial score (nSPS) is 18.0. The van der Waals surface area contributed by atoms with Crippen molar-refractivity contribution in [3.05, 3.63) is 34.6 Å². The first-order valence-corrected chi connectivity index (χ1v) is 6.97. The van der Waals surface area contributed by atoms with Gasteiger partial charge in [0.05, 0.1) is 23.7 Å². The van der Waals surface area contributed by atoms with Crippen molar-refractivity contribution in [2.45, 2.75) is 26.0 Å². The molecule has 1 aromatic rings. The Kier molecular flexibility index (Phi) is 4.67. The Hall–Kier alpha value is -1.82. The maximum Gasteiger partial charge on any atom is 0.410 e. The lowest BCUT2D eigenvalue weighted by Crippen LogP contribution is -2.36. The third kappa shape index (κ3) is 3.44. The maximum absolute atomic E-state index is 13.6. The SMILES string of the molecule is CC(C)N1CC(CNC(=O)c2c(F)cccc2Cl)OC1=O. The van der Waals surface area contributed by atoms with Gasteiger partial charge < -0.3 is 15.0 Å². The van der Waals surface area contributed by atoms with Gasteiger partial charge in [-0.2, -0.15) is 0 Å². The Labute approximate surface area is 127 Å². The number of ether oxygens (including phenoxy) is 1. The molecule has 7 heteroatoms. The number of nitrogens with zero attached hydrogens (tertiary/aromatic N) is 1. The van der Waals surface area contributed by atoms with Gasteiger partial charge in [-0.25, -0.2) is 9.18 Å². The lowest BCUT2D eigenvalue weighted by molar-refractivity contribution is 0.0910. The number of hydrogen-bond donors (Lipinski definition) is 1. The van der Waals surface area contributed by atoms with Crippen LogP contribution in [0.15, 0.2) is 18.2 Å². The van der Waals surface area contributed by atoms with Gasteiger partial charge in [-0.3, -0.25) is 4.79 Å². The van der Waals surface area contributed by atoms with Crippen LogP contribution in [0.4, 0.5) is 9.18 Å². The summed E-state index contributed by atoms with van der Waals surface area (Å²) in [4.78, 5) is 25.1. The van der Waals surface area contributed by atoms with E-state index < -0.39 is 23.9 Å². The number of rotatable bonds is 4. The third-order valence-electron chi connectivity index (χ3n) is 3.21. The van der Waals surface area contributed by atoms with E-state index in [0.717, 1.165) is 6.07 Å². The molecule has 0 saturated carbocycles. The van der Waals surface area contributed by atoms with Crippen molar-refractivity contribution in [1.82, 2.24) is 10.2 Å². The van der Waals surface area contributed by atoms with Crippen molar-refractivity contribution in [2.24, 2.45) is 0 Å². The summed E-state index contributed by atoms with van der Waals surface area (Å²) >= 11 is 5.81. The maximum atomic E-state index is 13.6. The van der Waals surface area contributed by atoms with Crippen LogP contribution in [0.1, 0.15) is 24.2 Å². The lowest BCUT2D eigenvalue weighted by atomic mass is 10.2. The number of hydrogen-bond acceptors (Lipinski definition) is 3. The fourth-order valence-electron chi connectivity index (χ4n) is 2.08. The highest BCUT2D eigenvalue weighted by molar-refractivity contribution is 6.33. The van der Waals surface area contributed by atoms with E-state index >= 15 is 0 Å². The summed E-state index contributed by atoms with van der Waals surface area (Å²) in [6, 6.07) is 4.06. The number of carbonyl (C=O) groups is 2. The fraction of sp³-hybridized carbons (Fsp3) is 0.429. The molecule has 1 aromatic carbocycles. The van der Waals surface area contributed by atoms with Gasteiger partial charge in [0.2, 0.25) is 0 Å². The Morgan fingerprint density at radius 1 is 1.57 bits per heavy atom. The van der Waals surface area contributed by atoms with Crippen LogP contribution in [0, 0.1) is 5.82 Å². The van der Waals surface area contributed by atoms with E-state index in [2.05, 4.69) is 5.32 Å². The molecule has 2 rings (SSSR count). The molecule has 1 heterocycles. The molecule has 0 aliphatic carbocycles. The van der Waals surface area contributed by atoms with Crippen LogP contribution in [0.3, 0.4) is 0 Å². The lowest BCUT2D eigenvalue weighted by Gasteiger charge is -2.16. The zero-order valence-corrected chi connectivity index (χ0v) is 12.5. The molecule has 5 nitrogen and oxygen atoms in total. The van der Waals surface area contributed by atoms with Gasteiger partial charge in [-0.1, -0.05) is 17.7 Å². The number of cyclic esters (lactones) is 1. The van der Waals surface area contributed by atoms with Gasteiger partial charge in [-0.15, -0.1) is 0 Å². The van der Waals surface area contributed by atoms with Crippen molar-refractivity contribution in [1.29, 1.82) is 0 Å². The molecule has 2 amide bonds. The minimum absolute atomic E-state index is 0.0270. The molecule has 0 bridgehead atoms. The molecule has 1 N–H and O–H groups in total. The van der Waals surface area contributed by atoms with Gasteiger partial charge in [-0.05, 0) is 26.0 Å². The molecule has 1 fully saturated rings. The summed E-state index contributed by atoms with van der Waals surface area (Å²) < 4.78 is 18.7. The number of benzene rings is 1. The Morgan fingerprint density at radius 2 is 2.29 bits per heavy atom. The minimum Gasteiger partial charge on any atom is -0.442 e. The largest absolute Gasteiger partial charge is 0.442 e. The molecular formula is C14H16ClFN2O3. The number of halogens is 2. The second kappa shape index (κ2) is 6.30. The summed E-state index contributed by atoms with van der Waals surface area (Å²) in [5.74, 6) is -1.32. The van der Waals surface area contributed by atoms with Crippen LogP contribution in [-0.4, -0.2) is 42.1 Å². The topological polar surface area (TPSA) is 58.6 Å². The predicted octanol–water partition coefficient (Wildman–Crippen LogP) is 2.44. The van der Waals surface area contributed by atoms with E-state index in [0.29, 0.717) is 6.54 Å². The molecule has 1 aliphatic rings. The summed E-state index contributed by atoms with van der Waals surface area (Å²) in [5, 5.41) is 2.58. The monoisotopic (exact) mass is 314 g/mol. The Balaban J connectivity index is 1.95. The molecular weight excluding hydrogens is 299 g/mol. The molecule has 1 saturated heterocycles. The summed E-state index contributed by atoms with van der Waals surface area (Å²) in [7, 11) is 0. The van der Waals surface area contributed by atoms with Crippen molar-refractivity contribution in [2.75, 3.05) is 13.1 Å². The highest BCUT2D eigenvalue weighted by Crippen LogP contribution is 2.19. The van der Waals surface area contributed by atoms with Gasteiger partial charge in [0.15, 0.2) is 0 Å². The number of amides is 2. The summed E-state index contributed by atoms with van der Waals surface area (Å²) in [5.41, 5.74) is -0.204. The average Bonchev–Trinajstić information content (AvgIpc) is 2.77. The first-order valence-electron chi connectivity index (χ1n) is 6.59. The molecule has 1 unspecified atom stereocenters. The second-order valence-corrected chi connectivity index (χ2v) is 5.47. The molecule has 21 heavy (non-hydrogen) atoms. The van der Waals surface area contributed by atoms with Crippen LogP contribution >= 0.6 is 11.6 Å². The zero-order chi connectivity index (χ0) is 15.6. The number of nitrogens with one attached hydrogen (secondary N) is 1. The fourth-order valence-corrected chi connectivity index (χ4v) is 2.33. The minimum atomic E-state index is -0.688. The molecule has 0 spiro atoms. The van der Waals surface area contributed by atoms with Crippen molar-refractivity contribution in [3.8, 4) is 0 Å². The summed E-state index contributed by atoms with van der Waals surface area (Å²) in [6.45, 7) is 4.25. The van der Waals surface area contributed by atoms with Crippen LogP contribution in [0.5, 0.6) is 0 Å². The van der Waals surface area contributed by atoms with Gasteiger partial charge in [0.1, 0.15) is 11.9 Å². The average molecular weight is 315 g/mol. The molecule has 1 aliphatic heterocycles. The standard InChI is InChI=1S/C14H16ClFN2O3/c1-8(2)18-7-9(21-14(18)20)6-17-13(19)12-10(15)4-3-5-11(12)16/h3-5,8-9H,6-7H2,1-2H3,(H,17,19). The van der Waals surface area contributed by atoms with E-state index in [1.807, 2.05) is 13.8 Å². The zero-order valence-electron chi connectivity index (χ0n) is 11.7. The van der Waals surface area contributed by atoms with Crippen molar-refractivity contribution < 1.29 is 18.7 Å². The van der Waals surface area contributed by atoms with E-state index in [4.69, 9.17) is 16.3 Å². The quantitative estimate of drug-likeness (QED) is 0.928.